The van der Waals surface area contributed by atoms with E-state index in [9.17, 15) is 13.2 Å². The third kappa shape index (κ3) is 4.64. The van der Waals surface area contributed by atoms with Crippen molar-refractivity contribution in [2.45, 2.75) is 6.18 Å². The zero-order valence-electron chi connectivity index (χ0n) is 6.97. The highest BCUT2D eigenvalue weighted by molar-refractivity contribution is 8.26. The molecule has 0 spiro atoms. The van der Waals surface area contributed by atoms with Crippen molar-refractivity contribution < 1.29 is 13.2 Å². The first-order valence-corrected chi connectivity index (χ1v) is 8.03. The summed E-state index contributed by atoms with van der Waals surface area (Å²) in [5.41, 5.74) is -0.541. The van der Waals surface area contributed by atoms with Crippen LogP contribution in [0, 0.1) is 0 Å². The lowest BCUT2D eigenvalue weighted by molar-refractivity contribution is -0.137. The van der Waals surface area contributed by atoms with Gasteiger partial charge in [0.05, 0.1) is 11.3 Å². The lowest BCUT2D eigenvalue weighted by Gasteiger charge is -2.06. The highest BCUT2D eigenvalue weighted by Crippen LogP contribution is 2.66. The Morgan fingerprint density at radius 3 is 1.80 bits per heavy atom. The molecule has 84 valence electrons. The second-order valence-electron chi connectivity index (χ2n) is 2.56. The van der Waals surface area contributed by atoms with Crippen LogP contribution in [0.15, 0.2) is 29.0 Å². The van der Waals surface area contributed by atoms with Gasteiger partial charge < -0.3 is 0 Å². The summed E-state index contributed by atoms with van der Waals surface area (Å²) < 4.78 is 40.1. The van der Waals surface area contributed by atoms with Gasteiger partial charge in [-0.25, -0.2) is 4.74 Å². The Morgan fingerprint density at radius 1 is 1.00 bits per heavy atom. The van der Waals surface area contributed by atoms with Gasteiger partial charge in [0.15, 0.2) is 0 Å². The van der Waals surface area contributed by atoms with Crippen LogP contribution < -0.4 is 0 Å². The second-order valence-corrected chi connectivity index (χ2v) is 9.56. The van der Waals surface area contributed by atoms with E-state index in [2.05, 4.69) is 4.74 Å². The standard InChI is InChI=1S/C7H4Cl3F3NP/c8-15(9,10)14-6-3-1-5(2-4-6)7(11,12)13/h1-4H. The minimum absolute atomic E-state index is 0.219. The molecule has 0 saturated heterocycles. The van der Waals surface area contributed by atoms with Crippen molar-refractivity contribution in [3.05, 3.63) is 29.8 Å². The van der Waals surface area contributed by atoms with Crippen molar-refractivity contribution >= 4 is 44.5 Å². The maximum absolute atomic E-state index is 12.2. The first-order chi connectivity index (χ1) is 6.68. The van der Waals surface area contributed by atoms with E-state index >= 15 is 0 Å². The topological polar surface area (TPSA) is 12.4 Å². The van der Waals surface area contributed by atoms with Gasteiger partial charge in [0.2, 0.25) is 5.11 Å². The third-order valence-corrected chi connectivity index (χ3v) is 2.56. The van der Waals surface area contributed by atoms with Crippen LogP contribution in [0.2, 0.25) is 0 Å². The number of alkyl halides is 3. The molecule has 0 unspecified atom stereocenters. The normalized spacial score (nSPS) is 12.7. The van der Waals surface area contributed by atoms with Crippen molar-refractivity contribution in [1.29, 1.82) is 0 Å². The second kappa shape index (κ2) is 4.54. The number of nitrogens with zero attached hydrogens (tertiary/aromatic N) is 1. The molecule has 1 aromatic carbocycles. The first-order valence-electron chi connectivity index (χ1n) is 3.57. The van der Waals surface area contributed by atoms with Crippen LogP contribution in [0.5, 0.6) is 0 Å². The molecule has 0 aromatic heterocycles. The van der Waals surface area contributed by atoms with E-state index in [0.29, 0.717) is 0 Å². The Bertz CT molecular complexity index is 387. The van der Waals surface area contributed by atoms with Gasteiger partial charge in [-0.3, -0.25) is 0 Å². The summed E-state index contributed by atoms with van der Waals surface area (Å²) in [5.74, 6) is 0. The molecule has 0 aliphatic carbocycles. The molecule has 0 amide bonds. The molecule has 15 heavy (non-hydrogen) atoms. The molecule has 0 heterocycles. The van der Waals surface area contributed by atoms with Crippen LogP contribution in [-0.2, 0) is 6.18 Å². The fraction of sp³-hybridized carbons (Fsp3) is 0.143. The Morgan fingerprint density at radius 2 is 1.47 bits per heavy atom. The molecular formula is C7H4Cl3F3NP. The molecule has 0 aliphatic rings. The Hall–Kier alpha value is 0.110. The average molecular weight is 296 g/mol. The minimum Gasteiger partial charge on any atom is -0.223 e. The quantitative estimate of drug-likeness (QED) is 0.564. The number of benzene rings is 1. The summed E-state index contributed by atoms with van der Waals surface area (Å²) in [7, 11) is 0. The molecule has 0 radical (unpaired) electrons. The van der Waals surface area contributed by atoms with Crippen molar-refractivity contribution in [1.82, 2.24) is 0 Å². The Kier molecular flexibility index (Phi) is 3.99. The molecule has 1 aromatic rings. The Balaban J connectivity index is 3.02. The van der Waals surface area contributed by atoms with E-state index < -0.39 is 16.9 Å². The van der Waals surface area contributed by atoms with Gasteiger partial charge in [-0.1, -0.05) is 0 Å². The van der Waals surface area contributed by atoms with Gasteiger partial charge in [0, 0.05) is 0 Å². The number of hydrogen-bond acceptors (Lipinski definition) is 1. The van der Waals surface area contributed by atoms with E-state index in [1.807, 2.05) is 0 Å². The smallest absolute Gasteiger partial charge is 0.223 e. The molecule has 0 atom stereocenters. The van der Waals surface area contributed by atoms with Crippen LogP contribution in [-0.4, -0.2) is 0 Å². The zero-order chi connectivity index (χ0) is 11.7. The molecule has 0 saturated carbocycles. The maximum atomic E-state index is 12.2. The monoisotopic (exact) mass is 295 g/mol. The van der Waals surface area contributed by atoms with Crippen LogP contribution in [0.25, 0.3) is 0 Å². The predicted octanol–water partition coefficient (Wildman–Crippen LogP) is 6.00. The van der Waals surface area contributed by atoms with Gasteiger partial charge in [0.25, 0.3) is 0 Å². The van der Waals surface area contributed by atoms with Crippen molar-refractivity contribution in [3.63, 3.8) is 0 Å². The molecule has 0 bridgehead atoms. The van der Waals surface area contributed by atoms with E-state index in [-0.39, 0.29) is 5.69 Å². The SMILES string of the molecule is FC(F)(F)c1ccc(N=P(Cl)(Cl)Cl)cc1. The third-order valence-electron chi connectivity index (χ3n) is 1.42. The summed E-state index contributed by atoms with van der Waals surface area (Å²) in [6.45, 7) is 0. The Labute approximate surface area is 98.6 Å². The summed E-state index contributed by atoms with van der Waals surface area (Å²) >= 11 is 16.4. The van der Waals surface area contributed by atoms with Crippen molar-refractivity contribution in [2.75, 3.05) is 0 Å². The summed E-state index contributed by atoms with van der Waals surface area (Å²) in [6.07, 6.45) is -4.37. The highest BCUT2D eigenvalue weighted by Gasteiger charge is 2.29. The van der Waals surface area contributed by atoms with Gasteiger partial charge in [-0.05, 0) is 58.0 Å². The van der Waals surface area contributed by atoms with Crippen LogP contribution in [0.1, 0.15) is 5.56 Å². The van der Waals surface area contributed by atoms with E-state index in [0.717, 1.165) is 24.3 Å². The van der Waals surface area contributed by atoms with Crippen LogP contribution in [0.4, 0.5) is 18.9 Å². The molecule has 1 rings (SSSR count). The zero-order valence-corrected chi connectivity index (χ0v) is 10.1. The maximum Gasteiger partial charge on any atom is 0.416 e. The number of hydrogen-bond donors (Lipinski definition) is 0. The molecule has 8 heteroatoms. The largest absolute Gasteiger partial charge is 0.416 e. The fourth-order valence-electron chi connectivity index (χ4n) is 0.848. The first kappa shape index (κ1) is 13.2. The van der Waals surface area contributed by atoms with Gasteiger partial charge >= 0.3 is 6.18 Å². The van der Waals surface area contributed by atoms with E-state index in [1.54, 1.807) is 0 Å². The number of rotatable bonds is 1. The summed E-state index contributed by atoms with van der Waals surface area (Å²) in [5, 5.41) is -2.93. The molecule has 0 N–H and O–H groups in total. The molecule has 0 fully saturated rings. The van der Waals surface area contributed by atoms with Gasteiger partial charge in [-0.2, -0.15) is 13.2 Å². The molecular weight excluding hydrogens is 292 g/mol. The molecule has 1 nitrogen and oxygen atoms in total. The lowest BCUT2D eigenvalue weighted by atomic mass is 10.2. The van der Waals surface area contributed by atoms with E-state index in [1.165, 1.54) is 0 Å². The van der Waals surface area contributed by atoms with Gasteiger partial charge in [-0.15, -0.1) is 0 Å². The van der Waals surface area contributed by atoms with Crippen LogP contribution in [0.3, 0.4) is 0 Å². The average Bonchev–Trinajstić information content (AvgIpc) is 2.00. The summed E-state index contributed by atoms with van der Waals surface area (Å²) in [6, 6.07) is 4.09. The van der Waals surface area contributed by atoms with Gasteiger partial charge in [0.1, 0.15) is 0 Å². The summed E-state index contributed by atoms with van der Waals surface area (Å²) in [4.78, 5) is 0. The highest BCUT2D eigenvalue weighted by atomic mass is 36.0. The van der Waals surface area contributed by atoms with Crippen molar-refractivity contribution in [2.24, 2.45) is 4.74 Å². The minimum atomic E-state index is -4.37. The van der Waals surface area contributed by atoms with E-state index in [4.69, 9.17) is 33.7 Å². The molecule has 0 aliphatic heterocycles. The number of halogens is 6. The van der Waals surface area contributed by atoms with Crippen LogP contribution >= 0.6 is 38.8 Å². The van der Waals surface area contributed by atoms with Crippen molar-refractivity contribution in [3.8, 4) is 0 Å². The lowest BCUT2D eigenvalue weighted by Crippen LogP contribution is -2.03. The predicted molar refractivity (Wildman–Crippen MR) is 58.0 cm³/mol. The fourth-order valence-corrected chi connectivity index (χ4v) is 2.03.